The van der Waals surface area contributed by atoms with Crippen LogP contribution in [-0.4, -0.2) is 9.97 Å². The fourth-order valence-electron chi connectivity index (χ4n) is 6.38. The van der Waals surface area contributed by atoms with E-state index in [0.29, 0.717) is 5.69 Å². The molecule has 2 aromatic heterocycles. The van der Waals surface area contributed by atoms with Gasteiger partial charge in [0.25, 0.3) is 0 Å². The largest absolute Gasteiger partial charge is 0.411 e. The molecule has 3 aromatic carbocycles. The molecule has 252 valence electrons. The third-order valence-electron chi connectivity index (χ3n) is 9.12. The lowest BCUT2D eigenvalue weighted by Gasteiger charge is -2.29. The average Bonchev–Trinajstić information content (AvgIpc) is 3.69. The minimum atomic E-state index is -0.235. The molecule has 0 atom stereocenters. The summed E-state index contributed by atoms with van der Waals surface area (Å²) in [6, 6.07) is 25.7. The molecule has 6 nitrogen and oxygen atoms in total. The first-order chi connectivity index (χ1) is 22.2. The van der Waals surface area contributed by atoms with Gasteiger partial charge in [-0.25, -0.2) is 0 Å². The van der Waals surface area contributed by atoms with Crippen LogP contribution in [0.2, 0.25) is 0 Å². The summed E-state index contributed by atoms with van der Waals surface area (Å²) in [6.45, 7) is 25.9. The molecule has 48 heavy (non-hydrogen) atoms. The van der Waals surface area contributed by atoms with Crippen molar-refractivity contribution in [3.8, 4) is 50.8 Å². The fraction of sp³-hybridized carbons (Fsp3) is 0.381. The van der Waals surface area contributed by atoms with Gasteiger partial charge in [0.05, 0.1) is 0 Å². The molecular formula is C42H52N4O2. The summed E-state index contributed by atoms with van der Waals surface area (Å²) in [5.41, 5.74) is 12.3. The molecule has 0 spiro atoms. The van der Waals surface area contributed by atoms with E-state index >= 15 is 0 Å². The minimum absolute atomic E-state index is 0.153. The zero-order chi connectivity index (χ0) is 35.4. The van der Waals surface area contributed by atoms with Crippen LogP contribution in [0.1, 0.15) is 105 Å². The Morgan fingerprint density at radius 3 is 1.15 bits per heavy atom. The average molecular weight is 645 g/mol. The fourth-order valence-corrected chi connectivity index (χ4v) is 6.38. The van der Waals surface area contributed by atoms with E-state index < -0.39 is 0 Å². The van der Waals surface area contributed by atoms with Gasteiger partial charge in [-0.3, -0.25) is 0 Å². The molecule has 0 unspecified atom stereocenters. The van der Waals surface area contributed by atoms with Crippen LogP contribution in [0.5, 0.6) is 5.75 Å². The molecule has 0 radical (unpaired) electrons. The van der Waals surface area contributed by atoms with Crippen LogP contribution in [0, 0.1) is 4.91 Å². The Balaban J connectivity index is 1.53. The normalized spacial score (nSPS) is 12.8. The molecule has 5 aromatic rings. The zero-order valence-electron chi connectivity index (χ0n) is 30.8. The van der Waals surface area contributed by atoms with E-state index in [2.05, 4.69) is 171 Å². The van der Waals surface area contributed by atoms with E-state index in [-0.39, 0.29) is 21.7 Å². The number of nitrogens with one attached hydrogen (secondary N) is 2. The topological polar surface area (TPSA) is 96.3 Å². The smallest absolute Gasteiger partial charge is 0.154 e. The van der Waals surface area contributed by atoms with Crippen molar-refractivity contribution in [3.05, 3.63) is 100.0 Å². The van der Waals surface area contributed by atoms with Crippen molar-refractivity contribution in [3.63, 3.8) is 0 Å². The van der Waals surface area contributed by atoms with Crippen molar-refractivity contribution in [1.82, 2.24) is 9.97 Å². The molecule has 6 heteroatoms. The highest BCUT2D eigenvalue weighted by atomic mass is 16.6. The lowest BCUT2D eigenvalue weighted by atomic mass is 9.77. The van der Waals surface area contributed by atoms with E-state index in [0.717, 1.165) is 73.0 Å². The third-order valence-corrected chi connectivity index (χ3v) is 9.12. The number of benzene rings is 3. The lowest BCUT2D eigenvalue weighted by molar-refractivity contribution is 0.314. The summed E-state index contributed by atoms with van der Waals surface area (Å²) in [4.78, 5) is 24.9. The lowest BCUT2D eigenvalue weighted by Crippen LogP contribution is -2.21. The SMILES string of the molecule is CC(C)(C)c1cc(-c2ccc(-c3cccc(-c4ccc(-c5cc(C(C)(C)C)c(ON)c(C(C)(C)C)c5)[nH]4)c3)[nH]2)cc(C(C)(C)C)c1N=O. The zero-order valence-corrected chi connectivity index (χ0v) is 30.8. The Hall–Kier alpha value is -4.42. The number of nitrogens with two attached hydrogens (primary N) is 1. The van der Waals surface area contributed by atoms with Gasteiger partial charge in [0.15, 0.2) is 5.75 Å². The van der Waals surface area contributed by atoms with Gasteiger partial charge in [-0.2, -0.15) is 5.90 Å². The highest BCUT2D eigenvalue weighted by Crippen LogP contribution is 2.44. The molecule has 0 bridgehead atoms. The van der Waals surface area contributed by atoms with Gasteiger partial charge in [0.1, 0.15) is 5.69 Å². The Morgan fingerprint density at radius 1 is 0.500 bits per heavy atom. The molecule has 0 fully saturated rings. The number of nitrogens with zero attached hydrogens (tertiary/aromatic N) is 1. The van der Waals surface area contributed by atoms with Crippen LogP contribution in [0.25, 0.3) is 45.0 Å². The number of aromatic amines is 2. The standard InChI is InChI=1S/C42H52N4O2/c1-39(2,3)29-21-27(22-30(37(29)46-47)40(4,5)6)35-18-16-33(44-35)25-14-13-15-26(20-25)34-17-19-36(45-34)28-23-31(41(7,8)9)38(48-43)32(24-28)42(10,11)12/h13-24,44-45H,43H2,1-12H3. The van der Waals surface area contributed by atoms with E-state index in [9.17, 15) is 4.91 Å². The molecule has 0 amide bonds. The highest BCUT2D eigenvalue weighted by Gasteiger charge is 2.30. The highest BCUT2D eigenvalue weighted by molar-refractivity contribution is 5.77. The van der Waals surface area contributed by atoms with Crippen molar-refractivity contribution in [2.45, 2.75) is 105 Å². The number of aromatic nitrogens is 2. The predicted octanol–water partition coefficient (Wildman–Crippen LogP) is 11.9. The van der Waals surface area contributed by atoms with Crippen molar-refractivity contribution >= 4 is 5.69 Å². The van der Waals surface area contributed by atoms with Crippen LogP contribution < -0.4 is 10.7 Å². The van der Waals surface area contributed by atoms with Crippen molar-refractivity contribution in [2.24, 2.45) is 11.1 Å². The summed E-state index contributed by atoms with van der Waals surface area (Å²) in [7, 11) is 0. The predicted molar refractivity (Wildman–Crippen MR) is 202 cm³/mol. The van der Waals surface area contributed by atoms with Crippen LogP contribution in [0.4, 0.5) is 5.69 Å². The first-order valence-electron chi connectivity index (χ1n) is 16.8. The van der Waals surface area contributed by atoms with Crippen molar-refractivity contribution in [2.75, 3.05) is 0 Å². The van der Waals surface area contributed by atoms with Gasteiger partial charge >= 0.3 is 0 Å². The van der Waals surface area contributed by atoms with Crippen LogP contribution >= 0.6 is 0 Å². The first-order valence-corrected chi connectivity index (χ1v) is 16.8. The Bertz CT molecular complexity index is 1890. The van der Waals surface area contributed by atoms with Crippen LogP contribution in [-0.2, 0) is 21.7 Å². The third kappa shape index (κ3) is 6.91. The van der Waals surface area contributed by atoms with E-state index in [1.807, 2.05) is 0 Å². The van der Waals surface area contributed by atoms with Crippen LogP contribution in [0.15, 0.2) is 78.0 Å². The quantitative estimate of drug-likeness (QED) is 0.127. The summed E-state index contributed by atoms with van der Waals surface area (Å²) < 4.78 is 0. The van der Waals surface area contributed by atoms with E-state index in [4.69, 9.17) is 10.7 Å². The van der Waals surface area contributed by atoms with Gasteiger partial charge in [0.2, 0.25) is 0 Å². The Labute approximate surface area is 286 Å². The molecule has 0 saturated carbocycles. The van der Waals surface area contributed by atoms with Crippen molar-refractivity contribution in [1.29, 1.82) is 0 Å². The number of nitroso groups, excluding NO2 is 1. The second-order valence-corrected chi connectivity index (χ2v) is 17.2. The molecule has 4 N–H and O–H groups in total. The second kappa shape index (κ2) is 12.2. The van der Waals surface area contributed by atoms with Gasteiger partial charge in [-0.1, -0.05) is 101 Å². The molecule has 5 rings (SSSR count). The maximum absolute atomic E-state index is 12.1. The van der Waals surface area contributed by atoms with Crippen LogP contribution in [0.3, 0.4) is 0 Å². The second-order valence-electron chi connectivity index (χ2n) is 17.2. The first kappa shape index (κ1) is 34.9. The summed E-state index contributed by atoms with van der Waals surface area (Å²) in [6.07, 6.45) is 0. The summed E-state index contributed by atoms with van der Waals surface area (Å²) in [5, 5.41) is 3.51. The number of H-pyrrole nitrogens is 2. The monoisotopic (exact) mass is 644 g/mol. The maximum atomic E-state index is 12.1. The molecule has 0 aliphatic rings. The summed E-state index contributed by atoms with van der Waals surface area (Å²) in [5.74, 6) is 6.60. The van der Waals surface area contributed by atoms with Gasteiger partial charge < -0.3 is 14.8 Å². The number of hydrogen-bond donors (Lipinski definition) is 3. The molecule has 0 aliphatic heterocycles. The van der Waals surface area contributed by atoms with Crippen molar-refractivity contribution < 1.29 is 4.84 Å². The molecular weight excluding hydrogens is 592 g/mol. The van der Waals surface area contributed by atoms with Gasteiger partial charge in [-0.15, -0.1) is 4.91 Å². The summed E-state index contributed by atoms with van der Waals surface area (Å²) >= 11 is 0. The number of rotatable bonds is 6. The van der Waals surface area contributed by atoms with Gasteiger partial charge in [-0.05, 0) is 115 Å². The maximum Gasteiger partial charge on any atom is 0.154 e. The van der Waals surface area contributed by atoms with Gasteiger partial charge in [0, 0.05) is 33.9 Å². The number of hydrogen-bond acceptors (Lipinski definition) is 4. The van der Waals surface area contributed by atoms with E-state index in [1.54, 1.807) is 0 Å². The minimum Gasteiger partial charge on any atom is -0.411 e. The molecule has 0 aliphatic carbocycles. The molecule has 2 heterocycles. The Kier molecular flexibility index (Phi) is 8.89. The molecule has 0 saturated heterocycles. The Morgan fingerprint density at radius 2 is 0.833 bits per heavy atom. The van der Waals surface area contributed by atoms with E-state index in [1.165, 1.54) is 0 Å².